The fraction of sp³-hybridized carbons (Fsp3) is 0.226. The molecular weight excluding hydrogens is 372 g/mol. The molecule has 0 unspecified atom stereocenters. The summed E-state index contributed by atoms with van der Waals surface area (Å²) in [5, 5.41) is 0. The first-order valence-corrected chi connectivity index (χ1v) is 11.7. The van der Waals surface area contributed by atoms with Crippen molar-refractivity contribution in [3.63, 3.8) is 0 Å². The van der Waals surface area contributed by atoms with E-state index >= 15 is 0 Å². The monoisotopic (exact) mass is 400 g/mol. The highest BCUT2D eigenvalue weighted by atomic mass is 14.3. The lowest BCUT2D eigenvalue weighted by Gasteiger charge is -2.24. The molecule has 0 aromatic heterocycles. The number of fused-ring (bicyclic) bond motifs is 6. The van der Waals surface area contributed by atoms with Crippen LogP contribution in [0.4, 0.5) is 0 Å². The largest absolute Gasteiger partial charge is 0.0654 e. The van der Waals surface area contributed by atoms with Crippen LogP contribution in [0.25, 0.3) is 22.3 Å². The van der Waals surface area contributed by atoms with E-state index in [2.05, 4.69) is 91.9 Å². The Morgan fingerprint density at radius 1 is 0.581 bits per heavy atom. The Kier molecular flexibility index (Phi) is 4.53. The quantitative estimate of drug-likeness (QED) is 0.274. The van der Waals surface area contributed by atoms with E-state index in [1.807, 2.05) is 0 Å². The number of unbranched alkanes of at least 4 members (excludes halogenated alkanes) is 1. The van der Waals surface area contributed by atoms with Crippen molar-refractivity contribution in [3.8, 4) is 22.3 Å². The number of hydrogen-bond donors (Lipinski definition) is 0. The van der Waals surface area contributed by atoms with Crippen LogP contribution in [-0.4, -0.2) is 0 Å². The first kappa shape index (κ1) is 18.6. The molecule has 2 aliphatic carbocycles. The molecule has 0 bridgehead atoms. The first-order valence-electron chi connectivity index (χ1n) is 11.7. The van der Waals surface area contributed by atoms with Crippen molar-refractivity contribution in [1.29, 1.82) is 0 Å². The highest BCUT2D eigenvalue weighted by molar-refractivity contribution is 5.80. The third-order valence-corrected chi connectivity index (χ3v) is 7.37. The van der Waals surface area contributed by atoms with Gasteiger partial charge in [0.25, 0.3) is 0 Å². The van der Waals surface area contributed by atoms with Crippen LogP contribution in [0.5, 0.6) is 0 Å². The maximum absolute atomic E-state index is 2.41. The Bertz CT molecular complexity index is 1180. The van der Waals surface area contributed by atoms with Crippen molar-refractivity contribution in [2.45, 2.75) is 44.9 Å². The van der Waals surface area contributed by atoms with Crippen LogP contribution in [0, 0.1) is 0 Å². The van der Waals surface area contributed by atoms with Crippen LogP contribution in [0.3, 0.4) is 0 Å². The average Bonchev–Trinajstić information content (AvgIpc) is 3.38. The Hall–Kier alpha value is -3.12. The molecule has 0 nitrogen and oxygen atoms in total. The second kappa shape index (κ2) is 7.54. The van der Waals surface area contributed by atoms with Gasteiger partial charge in [0, 0.05) is 5.92 Å². The highest BCUT2D eigenvalue weighted by Gasteiger charge is 2.28. The van der Waals surface area contributed by atoms with Gasteiger partial charge in [0.05, 0.1) is 0 Å². The Morgan fingerprint density at radius 2 is 1.06 bits per heavy atom. The van der Waals surface area contributed by atoms with Crippen molar-refractivity contribution < 1.29 is 0 Å². The molecule has 0 fully saturated rings. The normalized spacial score (nSPS) is 13.1. The van der Waals surface area contributed by atoms with E-state index in [1.54, 1.807) is 22.3 Å². The second-order valence-electron chi connectivity index (χ2n) is 9.11. The summed E-state index contributed by atoms with van der Waals surface area (Å²) in [6.07, 6.45) is 5.86. The van der Waals surface area contributed by atoms with Gasteiger partial charge in [-0.3, -0.25) is 0 Å². The first-order chi connectivity index (χ1) is 15.3. The summed E-state index contributed by atoms with van der Waals surface area (Å²) in [6, 6.07) is 32.0. The van der Waals surface area contributed by atoms with Crippen molar-refractivity contribution in [2.24, 2.45) is 0 Å². The van der Waals surface area contributed by atoms with Gasteiger partial charge in [-0.15, -0.1) is 0 Å². The van der Waals surface area contributed by atoms with Crippen LogP contribution in [0.2, 0.25) is 0 Å². The van der Waals surface area contributed by atoms with E-state index in [-0.39, 0.29) is 0 Å². The molecule has 6 rings (SSSR count). The molecule has 0 saturated heterocycles. The molecule has 31 heavy (non-hydrogen) atoms. The standard InChI is InChI=1S/C31H28/c1-2-3-12-27(28-17-8-15-25-23-13-6-4-10-21(23)19-30(25)28)29-18-9-16-26-24-14-7-5-11-22(24)20-31(26)29/h4-11,13-18,27H,2-3,12,19-20H2,1H3. The van der Waals surface area contributed by atoms with E-state index in [0.29, 0.717) is 5.92 Å². The van der Waals surface area contributed by atoms with E-state index in [9.17, 15) is 0 Å². The molecule has 0 aliphatic heterocycles. The fourth-order valence-corrected chi connectivity index (χ4v) is 5.90. The van der Waals surface area contributed by atoms with Gasteiger partial charge in [0.15, 0.2) is 0 Å². The van der Waals surface area contributed by atoms with Gasteiger partial charge in [-0.2, -0.15) is 0 Å². The number of benzene rings is 4. The Labute approximate surface area is 185 Å². The van der Waals surface area contributed by atoms with E-state index in [0.717, 1.165) is 12.8 Å². The van der Waals surface area contributed by atoms with Crippen molar-refractivity contribution >= 4 is 0 Å². The Balaban J connectivity index is 1.50. The minimum atomic E-state index is 0.466. The predicted molar refractivity (Wildman–Crippen MR) is 131 cm³/mol. The van der Waals surface area contributed by atoms with Crippen LogP contribution >= 0.6 is 0 Å². The smallest absolute Gasteiger partial charge is 0.00954 e. The summed E-state index contributed by atoms with van der Waals surface area (Å²) in [7, 11) is 0. The lowest BCUT2D eigenvalue weighted by Crippen LogP contribution is -2.08. The maximum Gasteiger partial charge on any atom is 0.00954 e. The molecule has 0 spiro atoms. The molecular formula is C31H28. The second-order valence-corrected chi connectivity index (χ2v) is 9.11. The van der Waals surface area contributed by atoms with E-state index < -0.39 is 0 Å². The summed E-state index contributed by atoms with van der Waals surface area (Å²) in [5.41, 5.74) is 14.9. The lowest BCUT2D eigenvalue weighted by atomic mass is 9.80. The SMILES string of the molecule is CCCCC(c1cccc2c1Cc1ccccc1-2)c1cccc2c1Cc1ccccc1-2. The molecule has 2 aliphatic rings. The zero-order chi connectivity index (χ0) is 20.8. The molecule has 0 heterocycles. The summed E-state index contributed by atoms with van der Waals surface area (Å²) < 4.78 is 0. The predicted octanol–water partition coefficient (Wildman–Crippen LogP) is 8.15. The summed E-state index contributed by atoms with van der Waals surface area (Å²) in [4.78, 5) is 0. The highest BCUT2D eigenvalue weighted by Crippen LogP contribution is 2.46. The van der Waals surface area contributed by atoms with Gasteiger partial charge in [0.2, 0.25) is 0 Å². The summed E-state index contributed by atoms with van der Waals surface area (Å²) in [6.45, 7) is 2.31. The van der Waals surface area contributed by atoms with Gasteiger partial charge in [-0.1, -0.05) is 105 Å². The van der Waals surface area contributed by atoms with E-state index in [4.69, 9.17) is 0 Å². The molecule has 4 aromatic rings. The molecule has 4 aromatic carbocycles. The van der Waals surface area contributed by atoms with Crippen LogP contribution in [0.15, 0.2) is 84.9 Å². The molecule has 0 N–H and O–H groups in total. The molecule has 0 atom stereocenters. The third-order valence-electron chi connectivity index (χ3n) is 7.37. The zero-order valence-corrected chi connectivity index (χ0v) is 18.2. The molecule has 0 saturated carbocycles. The minimum Gasteiger partial charge on any atom is -0.0654 e. The third kappa shape index (κ3) is 2.97. The average molecular weight is 401 g/mol. The van der Waals surface area contributed by atoms with Crippen molar-refractivity contribution in [3.05, 3.63) is 118 Å². The van der Waals surface area contributed by atoms with E-state index in [1.165, 1.54) is 52.6 Å². The van der Waals surface area contributed by atoms with Gasteiger partial charge < -0.3 is 0 Å². The Morgan fingerprint density at radius 3 is 1.58 bits per heavy atom. The number of rotatable bonds is 5. The van der Waals surface area contributed by atoms with Crippen LogP contribution in [0.1, 0.15) is 65.5 Å². The van der Waals surface area contributed by atoms with Crippen molar-refractivity contribution in [2.75, 3.05) is 0 Å². The summed E-state index contributed by atoms with van der Waals surface area (Å²) >= 11 is 0. The molecule has 152 valence electrons. The van der Waals surface area contributed by atoms with Crippen LogP contribution in [-0.2, 0) is 12.8 Å². The fourth-order valence-electron chi connectivity index (χ4n) is 5.90. The zero-order valence-electron chi connectivity index (χ0n) is 18.2. The van der Waals surface area contributed by atoms with Gasteiger partial charge in [0.1, 0.15) is 0 Å². The molecule has 0 radical (unpaired) electrons. The van der Waals surface area contributed by atoms with Crippen LogP contribution < -0.4 is 0 Å². The lowest BCUT2D eigenvalue weighted by molar-refractivity contribution is 0.644. The minimum absolute atomic E-state index is 0.466. The molecule has 0 amide bonds. The topological polar surface area (TPSA) is 0 Å². The van der Waals surface area contributed by atoms with Gasteiger partial charge in [-0.25, -0.2) is 0 Å². The van der Waals surface area contributed by atoms with Gasteiger partial charge >= 0.3 is 0 Å². The number of hydrogen-bond acceptors (Lipinski definition) is 0. The summed E-state index contributed by atoms with van der Waals surface area (Å²) in [5.74, 6) is 0.466. The maximum atomic E-state index is 2.41. The van der Waals surface area contributed by atoms with Crippen molar-refractivity contribution in [1.82, 2.24) is 0 Å². The van der Waals surface area contributed by atoms with Gasteiger partial charge in [-0.05, 0) is 74.9 Å². The molecule has 0 heteroatoms.